The van der Waals surface area contributed by atoms with Gasteiger partial charge >= 0.3 is 6.03 Å². The molecule has 0 aromatic heterocycles. The van der Waals surface area contributed by atoms with E-state index in [1.54, 1.807) is 0 Å². The minimum absolute atomic E-state index is 0.0139. The molecular formula is C13H26N2O. The normalized spacial score (nSPS) is 19.5. The molecule has 0 bridgehead atoms. The van der Waals surface area contributed by atoms with Crippen LogP contribution >= 0.6 is 0 Å². The quantitative estimate of drug-likeness (QED) is 0.760. The summed E-state index contributed by atoms with van der Waals surface area (Å²) in [5.41, 5.74) is 0. The van der Waals surface area contributed by atoms with Crippen LogP contribution in [0.3, 0.4) is 0 Å². The molecule has 0 radical (unpaired) electrons. The van der Waals surface area contributed by atoms with Crippen molar-refractivity contribution in [1.29, 1.82) is 0 Å². The molecule has 0 aromatic carbocycles. The molecule has 3 nitrogen and oxygen atoms in total. The maximum atomic E-state index is 11.7. The Kier molecular flexibility index (Phi) is 5.64. The second-order valence-corrected chi connectivity index (χ2v) is 5.48. The van der Waals surface area contributed by atoms with Gasteiger partial charge in [0.05, 0.1) is 0 Å². The number of carbonyl (C=O) groups is 1. The summed E-state index contributed by atoms with van der Waals surface area (Å²) in [6, 6.07) is 0.684. The lowest BCUT2D eigenvalue weighted by Crippen LogP contribution is -2.46. The van der Waals surface area contributed by atoms with Crippen molar-refractivity contribution in [3.05, 3.63) is 0 Å². The lowest BCUT2D eigenvalue weighted by Gasteiger charge is -2.24. The fraction of sp³-hybridized carbons (Fsp3) is 0.923. The SMILES string of the molecule is CC(C)CC(C)NC(=O)NC1CCCCC1. The molecule has 1 saturated carbocycles. The second-order valence-electron chi connectivity index (χ2n) is 5.48. The summed E-state index contributed by atoms with van der Waals surface area (Å²) in [6.45, 7) is 6.43. The van der Waals surface area contributed by atoms with Gasteiger partial charge in [-0.15, -0.1) is 0 Å². The van der Waals surface area contributed by atoms with Crippen molar-refractivity contribution in [3.63, 3.8) is 0 Å². The van der Waals surface area contributed by atoms with Gasteiger partial charge in [-0.2, -0.15) is 0 Å². The standard InChI is InChI=1S/C13H26N2O/c1-10(2)9-11(3)14-13(16)15-12-7-5-4-6-8-12/h10-12H,4-9H2,1-3H3,(H2,14,15,16). The van der Waals surface area contributed by atoms with Crippen LogP contribution in [0.2, 0.25) is 0 Å². The Morgan fingerprint density at radius 3 is 2.38 bits per heavy atom. The van der Waals surface area contributed by atoms with Crippen molar-refractivity contribution in [2.24, 2.45) is 5.92 Å². The van der Waals surface area contributed by atoms with Crippen LogP contribution in [0.5, 0.6) is 0 Å². The molecule has 1 rings (SSSR count). The third-order valence-electron chi connectivity index (χ3n) is 3.14. The Morgan fingerprint density at radius 2 is 1.81 bits per heavy atom. The van der Waals surface area contributed by atoms with Crippen LogP contribution in [0.1, 0.15) is 59.3 Å². The minimum Gasteiger partial charge on any atom is -0.336 e. The summed E-state index contributed by atoms with van der Waals surface area (Å²) in [7, 11) is 0. The maximum Gasteiger partial charge on any atom is 0.315 e. The number of amides is 2. The summed E-state index contributed by atoms with van der Waals surface area (Å²) >= 11 is 0. The van der Waals surface area contributed by atoms with E-state index < -0.39 is 0 Å². The number of hydrogen-bond acceptors (Lipinski definition) is 1. The summed E-state index contributed by atoms with van der Waals surface area (Å²) in [5.74, 6) is 0.630. The van der Waals surface area contributed by atoms with Crippen molar-refractivity contribution >= 4 is 6.03 Å². The lowest BCUT2D eigenvalue weighted by atomic mass is 9.96. The number of rotatable bonds is 4. The van der Waals surface area contributed by atoms with Gasteiger partial charge in [-0.3, -0.25) is 0 Å². The molecule has 94 valence electrons. The molecule has 0 saturated heterocycles. The third kappa shape index (κ3) is 5.38. The van der Waals surface area contributed by atoms with E-state index in [-0.39, 0.29) is 12.1 Å². The van der Waals surface area contributed by atoms with Gasteiger partial charge < -0.3 is 10.6 Å². The third-order valence-corrected chi connectivity index (χ3v) is 3.14. The molecule has 3 heteroatoms. The fourth-order valence-corrected chi connectivity index (χ4v) is 2.46. The average Bonchev–Trinajstić information content (AvgIpc) is 2.17. The van der Waals surface area contributed by atoms with E-state index in [1.165, 1.54) is 19.3 Å². The van der Waals surface area contributed by atoms with Crippen LogP contribution in [0, 0.1) is 5.92 Å². The van der Waals surface area contributed by atoms with E-state index in [4.69, 9.17) is 0 Å². The van der Waals surface area contributed by atoms with Crippen LogP contribution in [0.4, 0.5) is 4.79 Å². The van der Waals surface area contributed by atoms with Gasteiger partial charge in [0.2, 0.25) is 0 Å². The number of urea groups is 1. The lowest BCUT2D eigenvalue weighted by molar-refractivity contribution is 0.228. The predicted molar refractivity (Wildman–Crippen MR) is 67.5 cm³/mol. The van der Waals surface area contributed by atoms with Crippen LogP contribution in [0.25, 0.3) is 0 Å². The highest BCUT2D eigenvalue weighted by atomic mass is 16.2. The second kappa shape index (κ2) is 6.77. The highest BCUT2D eigenvalue weighted by Gasteiger charge is 2.16. The Balaban J connectivity index is 2.18. The molecule has 1 atom stereocenters. The van der Waals surface area contributed by atoms with Gasteiger partial charge in [0.15, 0.2) is 0 Å². The number of hydrogen-bond donors (Lipinski definition) is 2. The first-order valence-corrected chi connectivity index (χ1v) is 6.65. The van der Waals surface area contributed by atoms with E-state index in [0.29, 0.717) is 12.0 Å². The Labute approximate surface area is 99.4 Å². The zero-order chi connectivity index (χ0) is 12.0. The molecule has 1 aliphatic rings. The van der Waals surface area contributed by atoms with Crippen LogP contribution in [-0.4, -0.2) is 18.1 Å². The van der Waals surface area contributed by atoms with Gasteiger partial charge in [0, 0.05) is 12.1 Å². The van der Waals surface area contributed by atoms with Crippen molar-refractivity contribution < 1.29 is 4.79 Å². The molecule has 2 amide bonds. The van der Waals surface area contributed by atoms with Gasteiger partial charge in [-0.25, -0.2) is 4.79 Å². The monoisotopic (exact) mass is 226 g/mol. The van der Waals surface area contributed by atoms with Gasteiger partial charge in [-0.1, -0.05) is 33.1 Å². The summed E-state index contributed by atoms with van der Waals surface area (Å²) < 4.78 is 0. The summed E-state index contributed by atoms with van der Waals surface area (Å²) in [5, 5.41) is 6.08. The van der Waals surface area contributed by atoms with Gasteiger partial charge in [0.1, 0.15) is 0 Å². The minimum atomic E-state index is 0.0139. The molecule has 0 spiro atoms. The average molecular weight is 226 g/mol. The Morgan fingerprint density at radius 1 is 1.19 bits per heavy atom. The van der Waals surface area contributed by atoms with E-state index in [1.807, 2.05) is 0 Å². The number of nitrogens with one attached hydrogen (secondary N) is 2. The Hall–Kier alpha value is -0.730. The smallest absolute Gasteiger partial charge is 0.315 e. The van der Waals surface area contributed by atoms with Crippen molar-refractivity contribution in [2.75, 3.05) is 0 Å². The summed E-state index contributed by atoms with van der Waals surface area (Å²) in [6.07, 6.45) is 7.17. The molecule has 1 unspecified atom stereocenters. The number of carbonyl (C=O) groups excluding carboxylic acids is 1. The highest BCUT2D eigenvalue weighted by molar-refractivity contribution is 5.74. The first-order chi connectivity index (χ1) is 7.58. The van der Waals surface area contributed by atoms with Gasteiger partial charge in [0.25, 0.3) is 0 Å². The maximum absolute atomic E-state index is 11.7. The zero-order valence-corrected chi connectivity index (χ0v) is 10.9. The molecular weight excluding hydrogens is 200 g/mol. The van der Waals surface area contributed by atoms with E-state index in [9.17, 15) is 4.79 Å². The van der Waals surface area contributed by atoms with Crippen LogP contribution in [-0.2, 0) is 0 Å². The molecule has 1 aliphatic carbocycles. The first-order valence-electron chi connectivity index (χ1n) is 6.65. The first kappa shape index (κ1) is 13.3. The molecule has 2 N–H and O–H groups in total. The molecule has 0 aliphatic heterocycles. The largest absolute Gasteiger partial charge is 0.336 e. The predicted octanol–water partition coefficient (Wildman–Crippen LogP) is 3.05. The molecule has 16 heavy (non-hydrogen) atoms. The van der Waals surface area contributed by atoms with Crippen molar-refractivity contribution in [1.82, 2.24) is 10.6 Å². The van der Waals surface area contributed by atoms with E-state index in [0.717, 1.165) is 19.3 Å². The van der Waals surface area contributed by atoms with Crippen LogP contribution in [0.15, 0.2) is 0 Å². The Bertz CT molecular complexity index is 210. The molecule has 0 heterocycles. The topological polar surface area (TPSA) is 41.1 Å². The van der Waals surface area contributed by atoms with Gasteiger partial charge in [-0.05, 0) is 32.1 Å². The highest BCUT2D eigenvalue weighted by Crippen LogP contribution is 2.17. The van der Waals surface area contributed by atoms with E-state index in [2.05, 4.69) is 31.4 Å². The van der Waals surface area contributed by atoms with Crippen LogP contribution < -0.4 is 10.6 Å². The molecule has 0 aromatic rings. The fourth-order valence-electron chi connectivity index (χ4n) is 2.46. The van der Waals surface area contributed by atoms with E-state index >= 15 is 0 Å². The summed E-state index contributed by atoms with van der Waals surface area (Å²) in [4.78, 5) is 11.7. The van der Waals surface area contributed by atoms with Crippen molar-refractivity contribution in [3.8, 4) is 0 Å². The van der Waals surface area contributed by atoms with Crippen molar-refractivity contribution in [2.45, 2.75) is 71.4 Å². The zero-order valence-electron chi connectivity index (χ0n) is 10.9. The molecule has 1 fully saturated rings.